The van der Waals surface area contributed by atoms with E-state index in [4.69, 9.17) is 11.6 Å². The van der Waals surface area contributed by atoms with Crippen LogP contribution in [0.1, 0.15) is 55.1 Å². The van der Waals surface area contributed by atoms with Crippen LogP contribution in [0.2, 0.25) is 5.02 Å². The number of rotatable bonds is 5. The highest BCUT2D eigenvalue weighted by Gasteiger charge is 2.48. The second-order valence-electron chi connectivity index (χ2n) is 9.20. The number of benzene rings is 1. The minimum absolute atomic E-state index is 0.0448. The average Bonchev–Trinajstić information content (AvgIpc) is 3.38. The van der Waals surface area contributed by atoms with Crippen molar-refractivity contribution in [2.45, 2.75) is 63.6 Å². The standard InChI is InChI=1S/C25H28ClN3O2S/c1-25(24(31)27-19-5-3-2-4-6-19)16-28-20-12-14-32-22(20)15-21(28)23(30)29(25)13-11-17-7-9-18(26)10-8-17/h7-10,12,14-15,19H,2-6,11,13,16H2,1H3,(H,27,31)/t25-/m1/s1. The molecule has 1 aliphatic carbocycles. The summed E-state index contributed by atoms with van der Waals surface area (Å²) in [7, 11) is 0. The minimum Gasteiger partial charge on any atom is -0.351 e. The zero-order valence-electron chi connectivity index (χ0n) is 18.3. The average molecular weight is 470 g/mol. The Kier molecular flexibility index (Phi) is 5.76. The van der Waals surface area contributed by atoms with Crippen molar-refractivity contribution in [2.75, 3.05) is 6.54 Å². The zero-order chi connectivity index (χ0) is 22.3. The predicted molar refractivity (Wildman–Crippen MR) is 129 cm³/mol. The molecule has 1 aromatic carbocycles. The highest BCUT2D eigenvalue weighted by atomic mass is 35.5. The number of aromatic nitrogens is 1. The van der Waals surface area contributed by atoms with Gasteiger partial charge in [0.05, 0.1) is 16.8 Å². The second-order valence-corrected chi connectivity index (χ2v) is 10.6. The second kappa shape index (κ2) is 8.56. The van der Waals surface area contributed by atoms with Gasteiger partial charge in [-0.3, -0.25) is 9.59 Å². The molecular weight excluding hydrogens is 442 g/mol. The number of hydrogen-bond acceptors (Lipinski definition) is 3. The van der Waals surface area contributed by atoms with Crippen LogP contribution in [-0.2, 0) is 17.8 Å². The van der Waals surface area contributed by atoms with E-state index < -0.39 is 5.54 Å². The zero-order valence-corrected chi connectivity index (χ0v) is 19.8. The van der Waals surface area contributed by atoms with Crippen LogP contribution in [-0.4, -0.2) is 39.4 Å². The summed E-state index contributed by atoms with van der Waals surface area (Å²) in [6, 6.07) is 11.9. The molecular formula is C25H28ClN3O2S. The van der Waals surface area contributed by atoms with E-state index in [0.29, 0.717) is 30.2 Å². The first-order valence-corrected chi connectivity index (χ1v) is 12.7. The first-order valence-electron chi connectivity index (χ1n) is 11.4. The summed E-state index contributed by atoms with van der Waals surface area (Å²) in [5, 5.41) is 6.02. The summed E-state index contributed by atoms with van der Waals surface area (Å²) in [4.78, 5) is 29.1. The topological polar surface area (TPSA) is 54.3 Å². The van der Waals surface area contributed by atoms with E-state index in [1.54, 1.807) is 16.2 Å². The smallest absolute Gasteiger partial charge is 0.271 e. The highest BCUT2D eigenvalue weighted by Crippen LogP contribution is 2.35. The molecule has 0 spiro atoms. The fourth-order valence-corrected chi connectivity index (χ4v) is 6.05. The van der Waals surface area contributed by atoms with E-state index in [1.165, 1.54) is 6.42 Å². The molecule has 168 valence electrons. The van der Waals surface area contributed by atoms with Crippen LogP contribution in [0.15, 0.2) is 41.8 Å². The number of amides is 2. The van der Waals surface area contributed by atoms with Crippen LogP contribution >= 0.6 is 22.9 Å². The quantitative estimate of drug-likeness (QED) is 0.554. The van der Waals surface area contributed by atoms with E-state index in [0.717, 1.165) is 41.5 Å². The van der Waals surface area contributed by atoms with Gasteiger partial charge >= 0.3 is 0 Å². The molecule has 5 rings (SSSR count). The van der Waals surface area contributed by atoms with Crippen LogP contribution in [0.5, 0.6) is 0 Å². The molecule has 2 aromatic heterocycles. The lowest BCUT2D eigenvalue weighted by Crippen LogP contribution is -2.65. The molecule has 5 nitrogen and oxygen atoms in total. The Morgan fingerprint density at radius 1 is 1.19 bits per heavy atom. The first kappa shape index (κ1) is 21.5. The molecule has 0 radical (unpaired) electrons. The third-order valence-corrected chi connectivity index (χ3v) is 8.12. The van der Waals surface area contributed by atoms with Crippen molar-refractivity contribution in [2.24, 2.45) is 0 Å². The van der Waals surface area contributed by atoms with E-state index in [9.17, 15) is 9.59 Å². The summed E-state index contributed by atoms with van der Waals surface area (Å²) in [6.07, 6.45) is 6.24. The van der Waals surface area contributed by atoms with Crippen molar-refractivity contribution in [3.8, 4) is 0 Å². The first-order chi connectivity index (χ1) is 15.5. The van der Waals surface area contributed by atoms with Crippen molar-refractivity contribution in [1.29, 1.82) is 0 Å². The number of hydrogen-bond donors (Lipinski definition) is 1. The van der Waals surface area contributed by atoms with Crippen LogP contribution < -0.4 is 5.32 Å². The molecule has 1 atom stereocenters. The Morgan fingerprint density at radius 2 is 1.94 bits per heavy atom. The van der Waals surface area contributed by atoms with E-state index in [-0.39, 0.29) is 17.9 Å². The van der Waals surface area contributed by atoms with Gasteiger partial charge in [0.2, 0.25) is 5.91 Å². The van der Waals surface area contributed by atoms with Crippen molar-refractivity contribution >= 4 is 45.0 Å². The molecule has 2 aliphatic rings. The lowest BCUT2D eigenvalue weighted by Gasteiger charge is -2.45. The molecule has 1 N–H and O–H groups in total. The van der Waals surface area contributed by atoms with Crippen LogP contribution in [0.4, 0.5) is 0 Å². The molecule has 7 heteroatoms. The number of carbonyl (C=O) groups is 2. The van der Waals surface area contributed by atoms with Gasteiger partial charge in [-0.25, -0.2) is 0 Å². The molecule has 1 fully saturated rings. The molecule has 32 heavy (non-hydrogen) atoms. The monoisotopic (exact) mass is 469 g/mol. The third kappa shape index (κ3) is 3.84. The minimum atomic E-state index is -0.943. The van der Waals surface area contributed by atoms with E-state index in [1.807, 2.05) is 53.3 Å². The van der Waals surface area contributed by atoms with Crippen LogP contribution in [0.3, 0.4) is 0 Å². The summed E-state index contributed by atoms with van der Waals surface area (Å²) < 4.78 is 3.12. The lowest BCUT2D eigenvalue weighted by atomic mass is 9.91. The third-order valence-electron chi connectivity index (χ3n) is 7.02. The Hall–Kier alpha value is -2.31. The largest absolute Gasteiger partial charge is 0.351 e. The molecule has 2 amide bonds. The number of fused-ring (bicyclic) bond motifs is 3. The molecule has 3 heterocycles. The Bertz CT molecular complexity index is 1150. The van der Waals surface area contributed by atoms with Crippen molar-refractivity contribution in [1.82, 2.24) is 14.8 Å². The number of carbonyl (C=O) groups excluding carboxylic acids is 2. The fraction of sp³-hybridized carbons (Fsp3) is 0.440. The van der Waals surface area contributed by atoms with Crippen molar-refractivity contribution < 1.29 is 9.59 Å². The van der Waals surface area contributed by atoms with Crippen molar-refractivity contribution in [3.63, 3.8) is 0 Å². The molecule has 3 aromatic rings. The van der Waals surface area contributed by atoms with Gasteiger partial charge in [0.1, 0.15) is 11.2 Å². The lowest BCUT2D eigenvalue weighted by molar-refractivity contribution is -0.133. The molecule has 0 bridgehead atoms. The number of thiophene rings is 1. The molecule has 0 saturated heterocycles. The van der Waals surface area contributed by atoms with E-state index >= 15 is 0 Å². The van der Waals surface area contributed by atoms with Gasteiger partial charge in [-0.2, -0.15) is 0 Å². The number of halogens is 1. The van der Waals surface area contributed by atoms with Crippen LogP contribution in [0.25, 0.3) is 10.2 Å². The maximum Gasteiger partial charge on any atom is 0.271 e. The van der Waals surface area contributed by atoms with Gasteiger partial charge < -0.3 is 14.8 Å². The molecule has 1 aliphatic heterocycles. The fourth-order valence-electron chi connectivity index (χ4n) is 5.10. The van der Waals surface area contributed by atoms with Gasteiger partial charge in [-0.05, 0) is 61.4 Å². The molecule has 0 unspecified atom stereocenters. The predicted octanol–water partition coefficient (Wildman–Crippen LogP) is 5.26. The maximum atomic E-state index is 13.7. The summed E-state index contributed by atoms with van der Waals surface area (Å²) in [5.41, 5.74) is 1.86. The normalized spacial score (nSPS) is 21.7. The molecule has 1 saturated carbocycles. The van der Waals surface area contributed by atoms with Gasteiger partial charge in [0.25, 0.3) is 5.91 Å². The van der Waals surface area contributed by atoms with Crippen molar-refractivity contribution in [3.05, 3.63) is 58.1 Å². The highest BCUT2D eigenvalue weighted by molar-refractivity contribution is 7.17. The van der Waals surface area contributed by atoms with Gasteiger partial charge in [-0.15, -0.1) is 11.3 Å². The van der Waals surface area contributed by atoms with Gasteiger partial charge in [0.15, 0.2) is 0 Å². The SMILES string of the molecule is C[C@]1(C(=O)NC2CCCCC2)Cn2c(cc3sccc32)C(=O)N1CCc1ccc(Cl)cc1. The summed E-state index contributed by atoms with van der Waals surface area (Å²) in [5.74, 6) is -0.119. The van der Waals surface area contributed by atoms with E-state index in [2.05, 4.69) is 5.32 Å². The Morgan fingerprint density at radius 3 is 2.69 bits per heavy atom. The maximum absolute atomic E-state index is 13.7. The Balaban J connectivity index is 1.46. The number of nitrogens with one attached hydrogen (secondary N) is 1. The number of nitrogens with zero attached hydrogens (tertiary/aromatic N) is 2. The van der Waals surface area contributed by atoms with Gasteiger partial charge in [-0.1, -0.05) is 43.0 Å². The van der Waals surface area contributed by atoms with Crippen LogP contribution in [0, 0.1) is 0 Å². The summed E-state index contributed by atoms with van der Waals surface area (Å²) >= 11 is 7.66. The Labute approximate surface area is 197 Å². The van der Waals surface area contributed by atoms with Gasteiger partial charge in [0, 0.05) is 17.6 Å². The summed E-state index contributed by atoms with van der Waals surface area (Å²) in [6.45, 7) is 2.87.